The van der Waals surface area contributed by atoms with Gasteiger partial charge in [0.15, 0.2) is 0 Å². The second-order valence-corrected chi connectivity index (χ2v) is 5.40. The van der Waals surface area contributed by atoms with Crippen LogP contribution in [-0.2, 0) is 4.79 Å². The molecule has 0 saturated carbocycles. The first-order valence-corrected chi connectivity index (χ1v) is 6.76. The molecule has 1 saturated heterocycles. The minimum Gasteiger partial charge on any atom is -0.496 e. The van der Waals surface area contributed by atoms with Crippen LogP contribution in [0.25, 0.3) is 0 Å². The summed E-state index contributed by atoms with van der Waals surface area (Å²) in [5.41, 5.74) is 0.784. The molecule has 0 bridgehead atoms. The summed E-state index contributed by atoms with van der Waals surface area (Å²) in [5, 5.41) is 6.11. The Bertz CT molecular complexity index is 452. The second-order valence-electron chi connectivity index (χ2n) is 4.55. The standard InChI is InChI=1S/C13H17BrN2O2.ClH/c1-8(9-6-15-7-9)13(17)16-10-3-4-12(18-2)11(14)5-10;/h3-5,8-9,15H,6-7H2,1-2H3,(H,16,17);1H. The molecule has 4 nitrogen and oxygen atoms in total. The van der Waals surface area contributed by atoms with Crippen molar-refractivity contribution in [1.82, 2.24) is 5.32 Å². The Labute approximate surface area is 127 Å². The van der Waals surface area contributed by atoms with Gasteiger partial charge in [0.05, 0.1) is 11.6 Å². The van der Waals surface area contributed by atoms with Crippen LogP contribution in [0.3, 0.4) is 0 Å². The van der Waals surface area contributed by atoms with Gasteiger partial charge in [-0.15, -0.1) is 12.4 Å². The summed E-state index contributed by atoms with van der Waals surface area (Å²) in [7, 11) is 1.62. The van der Waals surface area contributed by atoms with Gasteiger partial charge < -0.3 is 15.4 Å². The maximum absolute atomic E-state index is 12.0. The molecule has 0 aromatic heterocycles. The van der Waals surface area contributed by atoms with E-state index < -0.39 is 0 Å². The molecule has 1 aliphatic rings. The van der Waals surface area contributed by atoms with E-state index in [1.807, 2.05) is 25.1 Å². The summed E-state index contributed by atoms with van der Waals surface area (Å²) in [5.74, 6) is 1.31. The summed E-state index contributed by atoms with van der Waals surface area (Å²) in [6.07, 6.45) is 0. The van der Waals surface area contributed by atoms with E-state index in [4.69, 9.17) is 4.74 Å². The van der Waals surface area contributed by atoms with Crippen molar-refractivity contribution in [3.8, 4) is 5.75 Å². The molecule has 1 atom stereocenters. The fraction of sp³-hybridized carbons (Fsp3) is 0.462. The van der Waals surface area contributed by atoms with Crippen molar-refractivity contribution in [2.24, 2.45) is 11.8 Å². The van der Waals surface area contributed by atoms with Gasteiger partial charge in [0.1, 0.15) is 5.75 Å². The largest absolute Gasteiger partial charge is 0.496 e. The predicted molar refractivity (Wildman–Crippen MR) is 82.1 cm³/mol. The first kappa shape index (κ1) is 16.3. The van der Waals surface area contributed by atoms with E-state index in [-0.39, 0.29) is 24.2 Å². The van der Waals surface area contributed by atoms with Crippen molar-refractivity contribution in [2.75, 3.05) is 25.5 Å². The van der Waals surface area contributed by atoms with Gasteiger partial charge in [0.2, 0.25) is 5.91 Å². The average molecular weight is 350 g/mol. The van der Waals surface area contributed by atoms with Gasteiger partial charge in [-0.05, 0) is 53.1 Å². The fourth-order valence-electron chi connectivity index (χ4n) is 1.88. The lowest BCUT2D eigenvalue weighted by Gasteiger charge is -2.31. The molecule has 1 aromatic rings. The van der Waals surface area contributed by atoms with Crippen molar-refractivity contribution in [2.45, 2.75) is 6.92 Å². The lowest BCUT2D eigenvalue weighted by Crippen LogP contribution is -2.48. The highest BCUT2D eigenvalue weighted by atomic mass is 79.9. The van der Waals surface area contributed by atoms with Crippen LogP contribution in [0.1, 0.15) is 6.92 Å². The van der Waals surface area contributed by atoms with Crippen molar-refractivity contribution in [1.29, 1.82) is 0 Å². The van der Waals surface area contributed by atoms with Gasteiger partial charge in [-0.25, -0.2) is 0 Å². The van der Waals surface area contributed by atoms with Crippen LogP contribution < -0.4 is 15.4 Å². The molecule has 1 aromatic carbocycles. The van der Waals surface area contributed by atoms with E-state index in [0.29, 0.717) is 5.92 Å². The molecule has 1 unspecified atom stereocenters. The number of benzene rings is 1. The number of carbonyl (C=O) groups excluding carboxylic acids is 1. The van der Waals surface area contributed by atoms with Crippen molar-refractivity contribution < 1.29 is 9.53 Å². The maximum Gasteiger partial charge on any atom is 0.227 e. The summed E-state index contributed by atoms with van der Waals surface area (Å²) in [6, 6.07) is 5.52. The minimum absolute atomic E-state index is 0. The molecule has 0 radical (unpaired) electrons. The molecule has 106 valence electrons. The van der Waals surface area contributed by atoms with E-state index in [1.54, 1.807) is 7.11 Å². The van der Waals surface area contributed by atoms with Crippen molar-refractivity contribution in [3.05, 3.63) is 22.7 Å². The molecule has 1 aliphatic heterocycles. The SMILES string of the molecule is COc1ccc(NC(=O)C(C)C2CNC2)cc1Br.Cl. The average Bonchev–Trinajstić information content (AvgIpc) is 2.26. The van der Waals surface area contributed by atoms with E-state index >= 15 is 0 Å². The minimum atomic E-state index is 0. The molecule has 0 aliphatic carbocycles. The van der Waals surface area contributed by atoms with Crippen LogP contribution in [0.5, 0.6) is 5.75 Å². The van der Waals surface area contributed by atoms with Gasteiger partial charge in [0.25, 0.3) is 0 Å². The third-order valence-electron chi connectivity index (χ3n) is 3.35. The fourth-order valence-corrected chi connectivity index (χ4v) is 2.42. The first-order chi connectivity index (χ1) is 8.61. The molecule has 19 heavy (non-hydrogen) atoms. The first-order valence-electron chi connectivity index (χ1n) is 5.97. The highest BCUT2D eigenvalue weighted by Crippen LogP contribution is 2.28. The predicted octanol–water partition coefficient (Wildman–Crippen LogP) is 2.67. The Morgan fingerprint density at radius 1 is 1.53 bits per heavy atom. The number of ether oxygens (including phenoxy) is 1. The number of nitrogens with one attached hydrogen (secondary N) is 2. The Morgan fingerprint density at radius 2 is 2.21 bits per heavy atom. The summed E-state index contributed by atoms with van der Waals surface area (Å²) in [4.78, 5) is 12.0. The topological polar surface area (TPSA) is 50.4 Å². The number of rotatable bonds is 4. The smallest absolute Gasteiger partial charge is 0.227 e. The summed E-state index contributed by atoms with van der Waals surface area (Å²) in [6.45, 7) is 3.83. The normalized spacial score (nSPS) is 15.9. The molecule has 6 heteroatoms. The number of carbonyl (C=O) groups is 1. The molecule has 1 amide bonds. The van der Waals surface area contributed by atoms with Gasteiger partial charge in [-0.2, -0.15) is 0 Å². The van der Waals surface area contributed by atoms with E-state index in [0.717, 1.165) is 29.0 Å². The van der Waals surface area contributed by atoms with Crippen LogP contribution in [0.4, 0.5) is 5.69 Å². The Kier molecular flexibility index (Phi) is 6.10. The molecule has 1 heterocycles. The molecule has 2 N–H and O–H groups in total. The van der Waals surface area contributed by atoms with Crippen LogP contribution in [0, 0.1) is 11.8 Å². The number of methoxy groups -OCH3 is 1. The van der Waals surface area contributed by atoms with Gasteiger partial charge >= 0.3 is 0 Å². The third-order valence-corrected chi connectivity index (χ3v) is 3.97. The molecule has 0 spiro atoms. The zero-order chi connectivity index (χ0) is 13.1. The third kappa shape index (κ3) is 3.84. The zero-order valence-corrected chi connectivity index (χ0v) is 13.3. The monoisotopic (exact) mass is 348 g/mol. The number of hydrogen-bond acceptors (Lipinski definition) is 3. The molecular formula is C13H18BrClN2O2. The summed E-state index contributed by atoms with van der Waals surface area (Å²) >= 11 is 3.40. The highest BCUT2D eigenvalue weighted by molar-refractivity contribution is 9.10. The van der Waals surface area contributed by atoms with Crippen LogP contribution in [-0.4, -0.2) is 26.1 Å². The van der Waals surface area contributed by atoms with Crippen LogP contribution in [0.15, 0.2) is 22.7 Å². The number of hydrogen-bond donors (Lipinski definition) is 2. The van der Waals surface area contributed by atoms with Gasteiger partial charge in [0, 0.05) is 11.6 Å². The lowest BCUT2D eigenvalue weighted by atomic mass is 9.88. The number of amides is 1. The lowest BCUT2D eigenvalue weighted by molar-refractivity contribution is -0.121. The Morgan fingerprint density at radius 3 is 2.68 bits per heavy atom. The molecular weight excluding hydrogens is 332 g/mol. The quantitative estimate of drug-likeness (QED) is 0.878. The number of halogens is 2. The Hall–Kier alpha value is -0.780. The number of anilines is 1. The summed E-state index contributed by atoms with van der Waals surface area (Å²) < 4.78 is 5.98. The van der Waals surface area contributed by atoms with Crippen molar-refractivity contribution in [3.63, 3.8) is 0 Å². The van der Waals surface area contributed by atoms with Gasteiger partial charge in [-0.3, -0.25) is 4.79 Å². The van der Waals surface area contributed by atoms with E-state index in [9.17, 15) is 4.79 Å². The second kappa shape index (κ2) is 7.12. The van der Waals surface area contributed by atoms with Crippen LogP contribution in [0.2, 0.25) is 0 Å². The van der Waals surface area contributed by atoms with Crippen molar-refractivity contribution >= 4 is 39.9 Å². The highest BCUT2D eigenvalue weighted by Gasteiger charge is 2.28. The Balaban J connectivity index is 0.00000180. The van der Waals surface area contributed by atoms with Gasteiger partial charge in [-0.1, -0.05) is 6.92 Å². The van der Waals surface area contributed by atoms with E-state index in [1.165, 1.54) is 0 Å². The van der Waals surface area contributed by atoms with Crippen LogP contribution >= 0.6 is 28.3 Å². The molecule has 2 rings (SSSR count). The van der Waals surface area contributed by atoms with E-state index in [2.05, 4.69) is 26.6 Å². The zero-order valence-electron chi connectivity index (χ0n) is 10.9. The molecule has 1 fully saturated rings. The maximum atomic E-state index is 12.0.